The van der Waals surface area contributed by atoms with Gasteiger partial charge < -0.3 is 29.4 Å². The summed E-state index contributed by atoms with van der Waals surface area (Å²) in [6, 6.07) is 16.1. The van der Waals surface area contributed by atoms with Gasteiger partial charge in [0, 0.05) is 23.6 Å². The molecule has 0 spiro atoms. The quantitative estimate of drug-likeness (QED) is 0.319. The number of fused-ring (bicyclic) bond motifs is 1. The van der Waals surface area contributed by atoms with Gasteiger partial charge in [-0.1, -0.05) is 42.5 Å². The molecular formula is C22H23N3O6. The van der Waals surface area contributed by atoms with Crippen LogP contribution in [0, 0.1) is 10.1 Å². The molecule has 0 saturated carbocycles. The Kier molecular flexibility index (Phi) is 6.44. The van der Waals surface area contributed by atoms with E-state index in [1.165, 1.54) is 6.20 Å². The lowest BCUT2D eigenvalue weighted by molar-refractivity contribution is -0.389. The smallest absolute Gasteiger partial charge is 0.414 e. The average Bonchev–Trinajstić information content (AvgIpc) is 3.23. The molecule has 0 unspecified atom stereocenters. The molecule has 162 valence electrons. The van der Waals surface area contributed by atoms with Crippen LogP contribution in [0.15, 0.2) is 54.7 Å². The second kappa shape index (κ2) is 9.59. The molecule has 31 heavy (non-hydrogen) atoms. The van der Waals surface area contributed by atoms with Crippen molar-refractivity contribution in [1.82, 2.24) is 9.55 Å². The van der Waals surface area contributed by atoms with Crippen molar-refractivity contribution in [2.45, 2.75) is 25.7 Å². The molecule has 1 atom stereocenters. The second-order valence-electron chi connectivity index (χ2n) is 7.15. The molecule has 1 aliphatic heterocycles. The van der Waals surface area contributed by atoms with Crippen molar-refractivity contribution in [1.29, 1.82) is 0 Å². The molecule has 9 heteroatoms. The van der Waals surface area contributed by atoms with E-state index in [-0.39, 0.29) is 24.5 Å². The first kappa shape index (κ1) is 20.8. The number of hydrogen-bond donors (Lipinski definition) is 1. The maximum Gasteiger partial charge on any atom is 0.414 e. The fraction of sp³-hybridized carbons (Fsp3) is 0.318. The van der Waals surface area contributed by atoms with E-state index in [2.05, 4.69) is 4.98 Å². The summed E-state index contributed by atoms with van der Waals surface area (Å²) in [5, 5.41) is 19.8. The Morgan fingerprint density at radius 3 is 2.81 bits per heavy atom. The van der Waals surface area contributed by atoms with Crippen molar-refractivity contribution < 1.29 is 24.2 Å². The number of nitrogens with zero attached hydrogens (tertiary/aromatic N) is 3. The summed E-state index contributed by atoms with van der Waals surface area (Å²) in [5.74, 6) is 0.552. The highest BCUT2D eigenvalue weighted by molar-refractivity contribution is 5.70. The van der Waals surface area contributed by atoms with E-state index in [0.717, 1.165) is 22.4 Å². The standard InChI is InChI=1S/C22H23N3O6/c26-10-3-11-29-20-5-2-1-4-19(20)17-8-6-16(7-9-17)14-30-18-12-24-13-21(25(27)28)23-22(24)31-15-18/h1-2,4-9,13,18,26H,3,10-12,14-15H2/t18-/m0/s1. The van der Waals surface area contributed by atoms with Crippen LogP contribution < -0.4 is 9.47 Å². The number of rotatable bonds is 9. The lowest BCUT2D eigenvalue weighted by atomic mass is 10.0. The van der Waals surface area contributed by atoms with Gasteiger partial charge in [-0.05, 0) is 22.1 Å². The van der Waals surface area contributed by atoms with Crippen LogP contribution in [-0.2, 0) is 17.9 Å². The van der Waals surface area contributed by atoms with Crippen molar-refractivity contribution in [3.8, 4) is 22.9 Å². The number of ether oxygens (including phenoxy) is 3. The molecule has 1 N–H and O–H groups in total. The Morgan fingerprint density at radius 2 is 2.03 bits per heavy atom. The van der Waals surface area contributed by atoms with E-state index in [1.54, 1.807) is 4.57 Å². The zero-order chi connectivity index (χ0) is 21.6. The third kappa shape index (κ3) is 5.01. The Morgan fingerprint density at radius 1 is 1.23 bits per heavy atom. The molecule has 0 radical (unpaired) electrons. The molecule has 1 aromatic heterocycles. The number of para-hydroxylation sites is 1. The molecule has 9 nitrogen and oxygen atoms in total. The second-order valence-corrected chi connectivity index (χ2v) is 7.15. The predicted octanol–water partition coefficient (Wildman–Crippen LogP) is 3.20. The molecule has 1 aliphatic rings. The molecule has 0 amide bonds. The molecule has 2 aromatic carbocycles. The molecule has 0 fully saturated rings. The molecular weight excluding hydrogens is 402 g/mol. The van der Waals surface area contributed by atoms with Crippen molar-refractivity contribution in [2.75, 3.05) is 19.8 Å². The first-order valence-corrected chi connectivity index (χ1v) is 10.0. The van der Waals surface area contributed by atoms with E-state index in [0.29, 0.717) is 32.8 Å². The zero-order valence-corrected chi connectivity index (χ0v) is 16.8. The number of aliphatic hydroxyl groups excluding tert-OH is 1. The van der Waals surface area contributed by atoms with E-state index in [1.807, 2.05) is 48.5 Å². The van der Waals surface area contributed by atoms with E-state index in [9.17, 15) is 10.1 Å². The Hall–Kier alpha value is -3.43. The van der Waals surface area contributed by atoms with Gasteiger partial charge in [-0.3, -0.25) is 4.57 Å². The Bertz CT molecular complexity index is 1030. The van der Waals surface area contributed by atoms with Gasteiger partial charge in [-0.25, -0.2) is 0 Å². The van der Waals surface area contributed by atoms with Crippen LogP contribution in [0.5, 0.6) is 11.8 Å². The minimum Gasteiger partial charge on any atom is -0.493 e. The van der Waals surface area contributed by atoms with E-state index >= 15 is 0 Å². The van der Waals surface area contributed by atoms with Gasteiger partial charge in [0.1, 0.15) is 24.7 Å². The van der Waals surface area contributed by atoms with Crippen molar-refractivity contribution in [3.63, 3.8) is 0 Å². The Labute approximate surface area is 179 Å². The van der Waals surface area contributed by atoms with Gasteiger partial charge in [-0.15, -0.1) is 0 Å². The molecule has 0 bridgehead atoms. The molecule has 2 heterocycles. The van der Waals surface area contributed by atoms with Crippen molar-refractivity contribution in [3.05, 3.63) is 70.4 Å². The fourth-order valence-electron chi connectivity index (χ4n) is 3.33. The number of aromatic nitrogens is 2. The normalized spacial score (nSPS) is 15.2. The Balaban J connectivity index is 1.36. The van der Waals surface area contributed by atoms with Gasteiger partial charge in [0.05, 0.1) is 19.8 Å². The van der Waals surface area contributed by atoms with Crippen LogP contribution >= 0.6 is 0 Å². The SMILES string of the molecule is O=[N+]([O-])c1cn2c(n1)OC[C@@H](OCc1ccc(-c3ccccc3OCCCO)cc1)C2. The highest BCUT2D eigenvalue weighted by atomic mass is 16.6. The van der Waals surface area contributed by atoms with E-state index in [4.69, 9.17) is 19.3 Å². The highest BCUT2D eigenvalue weighted by Gasteiger charge is 2.28. The number of benzene rings is 2. The van der Waals surface area contributed by atoms with Crippen molar-refractivity contribution >= 4 is 5.82 Å². The third-order valence-electron chi connectivity index (χ3n) is 4.91. The fourth-order valence-corrected chi connectivity index (χ4v) is 3.33. The summed E-state index contributed by atoms with van der Waals surface area (Å²) in [4.78, 5) is 14.1. The van der Waals surface area contributed by atoms with Gasteiger partial charge in [0.25, 0.3) is 0 Å². The topological polar surface area (TPSA) is 109 Å². The minimum atomic E-state index is -0.540. The first-order chi connectivity index (χ1) is 15.1. The molecule has 4 rings (SSSR count). The summed E-state index contributed by atoms with van der Waals surface area (Å²) >= 11 is 0. The largest absolute Gasteiger partial charge is 0.493 e. The van der Waals surface area contributed by atoms with Gasteiger partial charge >= 0.3 is 11.8 Å². The number of nitro groups is 1. The summed E-state index contributed by atoms with van der Waals surface area (Å²) < 4.78 is 18.8. The molecule has 0 saturated heterocycles. The summed E-state index contributed by atoms with van der Waals surface area (Å²) in [7, 11) is 0. The zero-order valence-electron chi connectivity index (χ0n) is 16.8. The van der Waals surface area contributed by atoms with Gasteiger partial charge in [-0.2, -0.15) is 0 Å². The first-order valence-electron chi connectivity index (χ1n) is 10.0. The minimum absolute atomic E-state index is 0.0992. The van der Waals surface area contributed by atoms with Crippen molar-refractivity contribution in [2.24, 2.45) is 0 Å². The van der Waals surface area contributed by atoms with Crippen LogP contribution in [0.2, 0.25) is 0 Å². The van der Waals surface area contributed by atoms with Crippen LogP contribution in [0.25, 0.3) is 11.1 Å². The van der Waals surface area contributed by atoms with E-state index < -0.39 is 4.92 Å². The lowest BCUT2D eigenvalue weighted by Crippen LogP contribution is -2.32. The van der Waals surface area contributed by atoms with Crippen LogP contribution in [0.4, 0.5) is 5.82 Å². The monoisotopic (exact) mass is 425 g/mol. The predicted molar refractivity (Wildman–Crippen MR) is 112 cm³/mol. The maximum atomic E-state index is 10.9. The highest BCUT2D eigenvalue weighted by Crippen LogP contribution is 2.30. The summed E-state index contributed by atoms with van der Waals surface area (Å²) in [6.07, 6.45) is 1.73. The maximum absolute atomic E-state index is 10.9. The number of imidazole rings is 1. The van der Waals surface area contributed by atoms with Crippen LogP contribution in [0.3, 0.4) is 0 Å². The summed E-state index contributed by atoms with van der Waals surface area (Å²) in [6.45, 7) is 1.71. The lowest BCUT2D eigenvalue weighted by Gasteiger charge is -2.22. The van der Waals surface area contributed by atoms with Gasteiger partial charge in [0.2, 0.25) is 0 Å². The van der Waals surface area contributed by atoms with Gasteiger partial charge in [0.15, 0.2) is 0 Å². The van der Waals surface area contributed by atoms with Crippen LogP contribution in [0.1, 0.15) is 12.0 Å². The van der Waals surface area contributed by atoms with Crippen LogP contribution in [-0.4, -0.2) is 45.5 Å². The summed E-state index contributed by atoms with van der Waals surface area (Å²) in [5.41, 5.74) is 3.02. The number of hydrogen-bond acceptors (Lipinski definition) is 7. The number of aliphatic hydroxyl groups is 1. The molecule has 3 aromatic rings. The molecule has 0 aliphatic carbocycles. The third-order valence-corrected chi connectivity index (χ3v) is 4.91. The average molecular weight is 425 g/mol.